The Labute approximate surface area is 374 Å². The third-order valence-corrected chi connectivity index (χ3v) is 11.8. The van der Waals surface area contributed by atoms with Gasteiger partial charge in [-0.1, -0.05) is 160 Å². The number of imidazole rings is 1. The Morgan fingerprint density at radius 2 is 1.16 bits per heavy atom. The van der Waals surface area contributed by atoms with Crippen LogP contribution in [-0.4, -0.2) is 23.5 Å². The van der Waals surface area contributed by atoms with Crippen molar-refractivity contribution in [1.82, 2.24) is 9.46 Å². The fourth-order valence-electron chi connectivity index (χ4n) is 8.99. The number of ether oxygens (including phenoxy) is 1. The summed E-state index contributed by atoms with van der Waals surface area (Å²) >= 11 is 0. The largest absolute Gasteiger partial charge is 0.503 e. The summed E-state index contributed by atoms with van der Waals surface area (Å²) in [6.07, 6.45) is 3.99. The molecule has 2 aliphatic rings. The number of nitrogens with zero attached hydrogens (tertiary/aromatic N) is 5. The SMILES string of the molecule is CC(C)c1cccc(C(C)C)c1B1N(C)c2ccc(Oc3[c-]c(N4[CH-]N(c5c(-c6ccccc6)cccc5-c5ccccc5)c5ccccc54)ccc3)[c-]c2-c2nccn21.[Pt]. The van der Waals surface area contributed by atoms with Crippen LogP contribution >= 0.6 is 0 Å². The van der Waals surface area contributed by atoms with Gasteiger partial charge < -0.3 is 23.8 Å². The maximum atomic E-state index is 6.62. The van der Waals surface area contributed by atoms with Crippen molar-refractivity contribution in [2.45, 2.75) is 39.5 Å². The van der Waals surface area contributed by atoms with Gasteiger partial charge >= 0.3 is 6.98 Å². The summed E-state index contributed by atoms with van der Waals surface area (Å²) in [5.74, 6) is 2.83. The second-order valence-electron chi connectivity index (χ2n) is 16.2. The van der Waals surface area contributed by atoms with Crippen LogP contribution in [0.3, 0.4) is 0 Å². The summed E-state index contributed by atoms with van der Waals surface area (Å²) in [6.45, 7) is 11.2. The number of hydrogen-bond donors (Lipinski definition) is 0. The molecule has 0 fully saturated rings. The van der Waals surface area contributed by atoms with Crippen LogP contribution in [0.15, 0.2) is 164 Å². The number of benzene rings is 7. The van der Waals surface area contributed by atoms with E-state index in [9.17, 15) is 0 Å². The van der Waals surface area contributed by atoms with E-state index < -0.39 is 0 Å². The second-order valence-corrected chi connectivity index (χ2v) is 16.2. The Kier molecular flexibility index (Phi) is 10.9. The molecule has 0 saturated carbocycles. The van der Waals surface area contributed by atoms with Gasteiger partial charge in [-0.25, -0.2) is 0 Å². The van der Waals surface area contributed by atoms with E-state index in [4.69, 9.17) is 9.72 Å². The quantitative estimate of drug-likeness (QED) is 0.106. The predicted molar refractivity (Wildman–Crippen MR) is 248 cm³/mol. The molecule has 61 heavy (non-hydrogen) atoms. The van der Waals surface area contributed by atoms with Gasteiger partial charge in [-0.2, -0.15) is 6.07 Å². The second kappa shape index (κ2) is 16.6. The molecule has 0 spiro atoms. The summed E-state index contributed by atoms with van der Waals surface area (Å²) < 4.78 is 8.90. The van der Waals surface area contributed by atoms with Crippen LogP contribution < -0.4 is 24.8 Å². The molecule has 3 heterocycles. The topological polar surface area (TPSA) is 36.8 Å². The maximum absolute atomic E-state index is 6.62. The fourth-order valence-corrected chi connectivity index (χ4v) is 8.99. The minimum Gasteiger partial charge on any atom is -0.503 e. The van der Waals surface area contributed by atoms with Gasteiger partial charge in [0.1, 0.15) is 0 Å². The predicted octanol–water partition coefficient (Wildman–Crippen LogP) is 12.6. The van der Waals surface area contributed by atoms with E-state index in [2.05, 4.69) is 212 Å². The smallest absolute Gasteiger partial charge is 0.399 e. The van der Waals surface area contributed by atoms with Crippen molar-refractivity contribution in [3.05, 3.63) is 194 Å². The number of fused-ring (bicyclic) bond motifs is 4. The number of hydrogen-bond acceptors (Lipinski definition) is 5. The average molecular weight is 974 g/mol. The van der Waals surface area contributed by atoms with E-state index in [1.54, 1.807) is 0 Å². The van der Waals surface area contributed by atoms with Crippen LogP contribution in [0.1, 0.15) is 50.7 Å². The molecule has 8 aromatic rings. The van der Waals surface area contributed by atoms with Gasteiger partial charge in [0.15, 0.2) is 0 Å². The van der Waals surface area contributed by atoms with E-state index in [0.717, 1.165) is 62.1 Å². The molecule has 304 valence electrons. The first-order valence-corrected chi connectivity index (χ1v) is 20.8. The Morgan fingerprint density at radius 1 is 0.590 bits per heavy atom. The zero-order valence-electron chi connectivity index (χ0n) is 34.9. The van der Waals surface area contributed by atoms with Crippen molar-refractivity contribution in [1.29, 1.82) is 0 Å². The molecule has 8 heteroatoms. The molecule has 10 rings (SSSR count). The van der Waals surface area contributed by atoms with E-state index in [-0.39, 0.29) is 28.0 Å². The first-order valence-electron chi connectivity index (χ1n) is 20.8. The normalized spacial score (nSPS) is 13.0. The van der Waals surface area contributed by atoms with Crippen LogP contribution in [0.5, 0.6) is 11.5 Å². The molecule has 0 aliphatic carbocycles. The molecular formula is C53H45BN5OPt-3. The van der Waals surface area contributed by atoms with Crippen LogP contribution in [-0.2, 0) is 21.1 Å². The maximum Gasteiger partial charge on any atom is 0.399 e. The number of para-hydroxylation sites is 3. The molecule has 0 N–H and O–H groups in total. The van der Waals surface area contributed by atoms with E-state index in [0.29, 0.717) is 23.3 Å². The molecule has 0 saturated heterocycles. The van der Waals surface area contributed by atoms with Gasteiger partial charge in [-0.05, 0) is 58.7 Å². The Morgan fingerprint density at radius 3 is 1.80 bits per heavy atom. The third kappa shape index (κ3) is 7.15. The van der Waals surface area contributed by atoms with Crippen molar-refractivity contribution < 1.29 is 25.8 Å². The van der Waals surface area contributed by atoms with Crippen molar-refractivity contribution >= 4 is 40.9 Å². The van der Waals surface area contributed by atoms with Crippen LogP contribution in [0.2, 0.25) is 0 Å². The first kappa shape index (κ1) is 40.1. The van der Waals surface area contributed by atoms with Crippen molar-refractivity contribution in [2.75, 3.05) is 21.7 Å². The van der Waals surface area contributed by atoms with Gasteiger partial charge in [0, 0.05) is 79.0 Å². The summed E-state index contributed by atoms with van der Waals surface area (Å²) in [5.41, 5.74) is 14.7. The molecule has 1 aromatic heterocycles. The van der Waals surface area contributed by atoms with Crippen molar-refractivity contribution in [2.24, 2.45) is 0 Å². The summed E-state index contributed by atoms with van der Waals surface area (Å²) in [5, 5.41) is 0. The van der Waals surface area contributed by atoms with Gasteiger partial charge in [0.05, 0.1) is 0 Å². The van der Waals surface area contributed by atoms with Crippen LogP contribution in [0, 0.1) is 18.8 Å². The molecule has 0 radical (unpaired) electrons. The van der Waals surface area contributed by atoms with E-state index in [1.165, 1.54) is 16.6 Å². The fraction of sp³-hybridized carbons (Fsp3) is 0.132. The summed E-state index contributed by atoms with van der Waals surface area (Å²) in [6, 6.07) is 60.5. The van der Waals surface area contributed by atoms with Crippen LogP contribution in [0.25, 0.3) is 33.6 Å². The molecule has 0 atom stereocenters. The van der Waals surface area contributed by atoms with Crippen molar-refractivity contribution in [3.63, 3.8) is 0 Å². The Hall–Kier alpha value is -6.30. The zero-order chi connectivity index (χ0) is 40.9. The monoisotopic (exact) mass is 973 g/mol. The van der Waals surface area contributed by atoms with Gasteiger partial charge in [0.2, 0.25) is 0 Å². The zero-order valence-corrected chi connectivity index (χ0v) is 37.1. The molecule has 0 bridgehead atoms. The first-order chi connectivity index (χ1) is 29.4. The van der Waals surface area contributed by atoms with Crippen molar-refractivity contribution in [3.8, 4) is 45.1 Å². The van der Waals surface area contributed by atoms with E-state index >= 15 is 0 Å². The van der Waals surface area contributed by atoms with Gasteiger partial charge in [-0.3, -0.25) is 4.98 Å². The van der Waals surface area contributed by atoms with Crippen LogP contribution in [0.4, 0.5) is 28.4 Å². The molecular weight excluding hydrogens is 929 g/mol. The van der Waals surface area contributed by atoms with E-state index in [1.807, 2.05) is 24.4 Å². The number of anilines is 5. The molecule has 0 amide bonds. The standard InChI is InChI=1S/C53H45BN5O.Pt/c1-36(2)43-23-15-24-44(37(3)4)51(43)54-56(5)48-30-29-42(34-47(48)53-55-31-32-59(53)54)60-41-22-14-21-40(33-41)57-35-58(50-28-13-12-27-49(50)57)52-45(38-17-8-6-9-18-38)25-16-26-46(52)39-19-10-7-11-20-39;/h6-32,35-37H,1-5H3;/q-3;. The molecule has 6 nitrogen and oxygen atoms in total. The molecule has 2 aliphatic heterocycles. The third-order valence-electron chi connectivity index (χ3n) is 11.8. The summed E-state index contributed by atoms with van der Waals surface area (Å²) in [4.78, 5) is 11.8. The molecule has 7 aromatic carbocycles. The average Bonchev–Trinajstić information content (AvgIpc) is 3.93. The summed E-state index contributed by atoms with van der Waals surface area (Å²) in [7, 11) is 2.17. The number of rotatable bonds is 9. The Balaban J connectivity index is 0.00000476. The minimum absolute atomic E-state index is 0. The van der Waals surface area contributed by atoms with Gasteiger partial charge in [0.25, 0.3) is 0 Å². The molecule has 0 unspecified atom stereocenters. The Bertz CT molecular complexity index is 2760. The van der Waals surface area contributed by atoms with Gasteiger partial charge in [-0.15, -0.1) is 36.6 Å². The minimum atomic E-state index is -0.0428. The number of aromatic nitrogens is 2.